The van der Waals surface area contributed by atoms with Gasteiger partial charge in [-0.2, -0.15) is 5.10 Å². The molecule has 0 amide bonds. The number of nitrogens with zero attached hydrogens (tertiary/aromatic N) is 2. The van der Waals surface area contributed by atoms with E-state index in [0.29, 0.717) is 12.5 Å². The molecule has 1 aromatic carbocycles. The lowest BCUT2D eigenvalue weighted by molar-refractivity contribution is 0.144. The Morgan fingerprint density at radius 3 is 2.67 bits per heavy atom. The Hall–Kier alpha value is -2.28. The van der Waals surface area contributed by atoms with Gasteiger partial charge in [-0.1, -0.05) is 18.2 Å². The topological polar surface area (TPSA) is 37.8 Å². The first-order valence-electron chi connectivity index (χ1n) is 8.95. The molecule has 4 atom stereocenters. The molecule has 0 spiro atoms. The highest BCUT2D eigenvalue weighted by Crippen LogP contribution is 2.75. The molecule has 2 unspecified atom stereocenters. The van der Waals surface area contributed by atoms with Crippen LogP contribution in [0.2, 0.25) is 0 Å². The number of rotatable bonds is 5. The lowest BCUT2D eigenvalue weighted by Gasteiger charge is -2.24. The number of hydrogen-bond acceptors (Lipinski definition) is 3. The highest BCUT2D eigenvalue weighted by atomic mass is 19.3. The molecule has 2 fully saturated rings. The van der Waals surface area contributed by atoms with Crippen LogP contribution in [0.4, 0.5) is 17.6 Å². The van der Waals surface area contributed by atoms with Gasteiger partial charge >= 0.3 is 0 Å². The normalized spacial score (nSPS) is 30.0. The summed E-state index contributed by atoms with van der Waals surface area (Å²) in [4.78, 5) is 0. The van der Waals surface area contributed by atoms with Crippen LogP contribution < -0.4 is 5.32 Å². The summed E-state index contributed by atoms with van der Waals surface area (Å²) >= 11 is 0. The quantitative estimate of drug-likeness (QED) is 0.638. The number of nitrogens with one attached hydrogen (secondary N) is 1. The molecule has 3 nitrogen and oxygen atoms in total. The van der Waals surface area contributed by atoms with E-state index in [4.69, 9.17) is 0 Å². The van der Waals surface area contributed by atoms with Crippen LogP contribution >= 0.6 is 0 Å². The number of aromatic nitrogens is 2. The molecule has 0 aliphatic heterocycles. The molecule has 7 heteroatoms. The van der Waals surface area contributed by atoms with Crippen LogP contribution in [0.3, 0.4) is 0 Å². The van der Waals surface area contributed by atoms with E-state index in [1.54, 1.807) is 6.07 Å². The maximum Gasteiger partial charge on any atom is 0.250 e. The Bertz CT molecular complexity index is 940. The van der Waals surface area contributed by atoms with E-state index in [9.17, 15) is 17.6 Å². The van der Waals surface area contributed by atoms with Crippen molar-refractivity contribution in [3.05, 3.63) is 59.3 Å². The number of benzene rings is 1. The molecular formula is C20H17F4N3. The SMILES string of the molecule is C=C1C2C3C[C@@H]3c3cc(-c4c(F)cccc4F)nnc3[C@]12CNCC(F)F. The summed E-state index contributed by atoms with van der Waals surface area (Å²) in [5.74, 6) is -0.466. The fraction of sp³-hybridized carbons (Fsp3) is 0.400. The fourth-order valence-electron chi connectivity index (χ4n) is 4.92. The summed E-state index contributed by atoms with van der Waals surface area (Å²) < 4.78 is 53.4. The standard InChI is InChI=1S/C20H17F4N3/c1-9-18-11-5-10(11)12-6-15(17-13(21)3-2-4-14(17)22)26-27-19(12)20(9,18)8-25-7-16(23)24/h2-4,6,10-11,16,18,25H,1,5,7-8H2/t10-,11?,18?,20+/m0/s1. The van der Waals surface area contributed by atoms with Gasteiger partial charge in [0.15, 0.2) is 0 Å². The van der Waals surface area contributed by atoms with E-state index in [2.05, 4.69) is 22.1 Å². The Labute approximate surface area is 153 Å². The van der Waals surface area contributed by atoms with Gasteiger partial charge in [-0.3, -0.25) is 0 Å². The van der Waals surface area contributed by atoms with Crippen molar-refractivity contribution in [1.82, 2.24) is 15.5 Å². The summed E-state index contributed by atoms with van der Waals surface area (Å²) in [6, 6.07) is 5.40. The second-order valence-electron chi connectivity index (χ2n) is 7.63. The minimum atomic E-state index is -2.43. The van der Waals surface area contributed by atoms with Gasteiger partial charge in [0.05, 0.1) is 28.9 Å². The average Bonchev–Trinajstić information content (AvgIpc) is 3.50. The van der Waals surface area contributed by atoms with Crippen molar-refractivity contribution in [3.63, 3.8) is 0 Å². The first kappa shape index (κ1) is 16.9. The molecule has 5 rings (SSSR count). The van der Waals surface area contributed by atoms with Gasteiger partial charge in [-0.05, 0) is 42.0 Å². The third kappa shape index (κ3) is 2.30. The minimum absolute atomic E-state index is 0.162. The monoisotopic (exact) mass is 375 g/mol. The van der Waals surface area contributed by atoms with Crippen LogP contribution in [0.25, 0.3) is 11.3 Å². The van der Waals surface area contributed by atoms with Crippen LogP contribution in [0.1, 0.15) is 23.6 Å². The summed E-state index contributed by atoms with van der Waals surface area (Å²) in [6.07, 6.45) is -1.47. The predicted octanol–water partition coefficient (Wildman–Crippen LogP) is 3.82. The molecule has 1 aromatic heterocycles. The molecule has 0 radical (unpaired) electrons. The van der Waals surface area contributed by atoms with Crippen molar-refractivity contribution in [3.8, 4) is 11.3 Å². The molecule has 0 bridgehead atoms. The Balaban J connectivity index is 1.56. The number of hydrogen-bond donors (Lipinski definition) is 1. The molecule has 3 aliphatic rings. The summed E-state index contributed by atoms with van der Waals surface area (Å²) in [5, 5.41) is 11.2. The van der Waals surface area contributed by atoms with E-state index in [-0.39, 0.29) is 23.1 Å². The van der Waals surface area contributed by atoms with Crippen molar-refractivity contribution >= 4 is 0 Å². The summed E-state index contributed by atoms with van der Waals surface area (Å²) in [5.41, 5.74) is 2.12. The summed E-state index contributed by atoms with van der Waals surface area (Å²) in [7, 11) is 0. The average molecular weight is 375 g/mol. The van der Waals surface area contributed by atoms with Crippen molar-refractivity contribution < 1.29 is 17.6 Å². The highest BCUT2D eigenvalue weighted by Gasteiger charge is 2.72. The molecular weight excluding hydrogens is 358 g/mol. The van der Waals surface area contributed by atoms with Gasteiger partial charge in [0, 0.05) is 12.5 Å². The van der Waals surface area contributed by atoms with Crippen molar-refractivity contribution in [2.75, 3.05) is 13.1 Å². The number of fused-ring (bicyclic) bond motifs is 6. The largest absolute Gasteiger partial charge is 0.310 e. The molecule has 0 saturated heterocycles. The molecule has 27 heavy (non-hydrogen) atoms. The highest BCUT2D eigenvalue weighted by molar-refractivity contribution is 5.66. The second-order valence-corrected chi connectivity index (χ2v) is 7.63. The van der Waals surface area contributed by atoms with Gasteiger partial charge in [0.25, 0.3) is 6.43 Å². The smallest absolute Gasteiger partial charge is 0.250 e. The van der Waals surface area contributed by atoms with E-state index in [1.807, 2.05) is 0 Å². The van der Waals surface area contributed by atoms with Crippen LogP contribution in [0.5, 0.6) is 0 Å². The van der Waals surface area contributed by atoms with E-state index in [1.165, 1.54) is 18.2 Å². The number of halogens is 4. The van der Waals surface area contributed by atoms with E-state index in [0.717, 1.165) is 23.3 Å². The van der Waals surface area contributed by atoms with Crippen molar-refractivity contribution in [1.29, 1.82) is 0 Å². The minimum Gasteiger partial charge on any atom is -0.310 e. The van der Waals surface area contributed by atoms with Crippen LogP contribution in [-0.2, 0) is 5.41 Å². The van der Waals surface area contributed by atoms with Crippen molar-refractivity contribution in [2.45, 2.75) is 24.2 Å². The van der Waals surface area contributed by atoms with Crippen LogP contribution in [0, 0.1) is 23.5 Å². The maximum absolute atomic E-state index is 14.1. The second kappa shape index (κ2) is 5.61. The molecule has 140 valence electrons. The molecule has 2 saturated carbocycles. The zero-order chi connectivity index (χ0) is 18.9. The lowest BCUT2D eigenvalue weighted by atomic mass is 9.85. The zero-order valence-electron chi connectivity index (χ0n) is 14.4. The van der Waals surface area contributed by atoms with Gasteiger partial charge in [0.1, 0.15) is 11.6 Å². The molecule has 3 aliphatic carbocycles. The van der Waals surface area contributed by atoms with Gasteiger partial charge in [0.2, 0.25) is 0 Å². The van der Waals surface area contributed by atoms with Gasteiger partial charge < -0.3 is 5.32 Å². The first-order chi connectivity index (χ1) is 12.9. The summed E-state index contributed by atoms with van der Waals surface area (Å²) in [6.45, 7) is 4.09. The van der Waals surface area contributed by atoms with Crippen LogP contribution in [0.15, 0.2) is 36.4 Å². The molecule has 2 aromatic rings. The third-order valence-corrected chi connectivity index (χ3v) is 6.23. The predicted molar refractivity (Wildman–Crippen MR) is 91.4 cm³/mol. The lowest BCUT2D eigenvalue weighted by Crippen LogP contribution is -2.35. The maximum atomic E-state index is 14.1. The van der Waals surface area contributed by atoms with Crippen LogP contribution in [-0.4, -0.2) is 29.7 Å². The molecule has 1 heterocycles. The first-order valence-corrected chi connectivity index (χ1v) is 8.95. The molecule has 1 N–H and O–H groups in total. The Morgan fingerprint density at radius 2 is 1.96 bits per heavy atom. The fourth-order valence-corrected chi connectivity index (χ4v) is 4.92. The van der Waals surface area contributed by atoms with E-state index < -0.39 is 30.0 Å². The Morgan fingerprint density at radius 1 is 1.22 bits per heavy atom. The Kier molecular flexibility index (Phi) is 3.50. The van der Waals surface area contributed by atoms with E-state index >= 15 is 0 Å². The van der Waals surface area contributed by atoms with Crippen molar-refractivity contribution in [2.24, 2.45) is 11.8 Å². The van der Waals surface area contributed by atoms with Gasteiger partial charge in [-0.25, -0.2) is 17.6 Å². The third-order valence-electron chi connectivity index (χ3n) is 6.23. The van der Waals surface area contributed by atoms with Gasteiger partial charge in [-0.15, -0.1) is 5.10 Å². The number of alkyl halides is 2. The zero-order valence-corrected chi connectivity index (χ0v) is 14.4.